The van der Waals surface area contributed by atoms with Gasteiger partial charge in [-0.05, 0) is 18.9 Å². The molecule has 0 radical (unpaired) electrons. The first-order valence-corrected chi connectivity index (χ1v) is 11.6. The van der Waals surface area contributed by atoms with E-state index in [9.17, 15) is 9.59 Å². The highest BCUT2D eigenvalue weighted by Gasteiger charge is 2.34. The lowest BCUT2D eigenvalue weighted by Crippen LogP contribution is -2.51. The number of carbonyl (C=O) groups is 2. The van der Waals surface area contributed by atoms with Gasteiger partial charge in [-0.25, -0.2) is 4.98 Å². The molecule has 2 aliphatic heterocycles. The van der Waals surface area contributed by atoms with Crippen molar-refractivity contribution < 1.29 is 14.3 Å². The summed E-state index contributed by atoms with van der Waals surface area (Å²) in [5.41, 5.74) is 3.47. The number of amides is 2. The Bertz CT molecular complexity index is 1260. The van der Waals surface area contributed by atoms with Crippen molar-refractivity contribution in [3.8, 4) is 0 Å². The number of anilines is 1. The van der Waals surface area contributed by atoms with E-state index in [1.165, 1.54) is 0 Å². The number of fused-ring (bicyclic) bond motifs is 2. The molecule has 11 heteroatoms. The standard InChI is InChI=1S/C24H30N8O3/c1-25-20-10-18(15-11-26-22-14(15)6-5-9-31(22)13-21(33)30(2)3)28-23-16(12-27-32(20)23)24(34)29-17-7-8-19(17)35-4/h5-6,9-12,17,19,22,25-26H,7-8,13H2,1-4H3,(H,29,34)/t17-,19-,22?/m0/s1. The Morgan fingerprint density at radius 3 is 2.83 bits per heavy atom. The molecule has 3 atom stereocenters. The lowest BCUT2D eigenvalue weighted by molar-refractivity contribution is -0.129. The second kappa shape index (κ2) is 9.06. The summed E-state index contributed by atoms with van der Waals surface area (Å²) in [6.07, 6.45) is 11.0. The third kappa shape index (κ3) is 4.01. The van der Waals surface area contributed by atoms with E-state index in [1.54, 1.807) is 43.9 Å². The second-order valence-corrected chi connectivity index (χ2v) is 9.05. The molecule has 2 aromatic heterocycles. The molecule has 0 spiro atoms. The molecule has 2 aromatic rings. The lowest BCUT2D eigenvalue weighted by Gasteiger charge is -2.35. The Labute approximate surface area is 203 Å². The predicted molar refractivity (Wildman–Crippen MR) is 131 cm³/mol. The number of allylic oxidation sites excluding steroid dienone is 2. The van der Waals surface area contributed by atoms with Gasteiger partial charge in [-0.1, -0.05) is 6.08 Å². The monoisotopic (exact) mass is 478 g/mol. The Morgan fingerprint density at radius 2 is 2.14 bits per heavy atom. The molecule has 4 heterocycles. The smallest absolute Gasteiger partial charge is 0.257 e. The van der Waals surface area contributed by atoms with Crippen molar-refractivity contribution in [2.24, 2.45) is 0 Å². The number of carbonyl (C=O) groups excluding carboxylic acids is 2. The minimum absolute atomic E-state index is 0.00746. The average molecular weight is 479 g/mol. The van der Waals surface area contributed by atoms with E-state index in [0.717, 1.165) is 24.0 Å². The fourth-order valence-corrected chi connectivity index (χ4v) is 4.55. The van der Waals surface area contributed by atoms with E-state index in [-0.39, 0.29) is 36.7 Å². The molecule has 0 saturated heterocycles. The fraction of sp³-hybridized carbons (Fsp3) is 0.417. The van der Waals surface area contributed by atoms with Crippen molar-refractivity contribution in [1.29, 1.82) is 0 Å². The molecule has 35 heavy (non-hydrogen) atoms. The van der Waals surface area contributed by atoms with Crippen LogP contribution in [0.2, 0.25) is 0 Å². The van der Waals surface area contributed by atoms with Gasteiger partial charge in [0.25, 0.3) is 5.91 Å². The van der Waals surface area contributed by atoms with Crippen LogP contribution in [-0.2, 0) is 9.53 Å². The first-order chi connectivity index (χ1) is 16.9. The van der Waals surface area contributed by atoms with Crippen LogP contribution in [0.3, 0.4) is 0 Å². The van der Waals surface area contributed by atoms with Crippen molar-refractivity contribution in [2.45, 2.75) is 31.2 Å². The van der Waals surface area contributed by atoms with Gasteiger partial charge in [0.05, 0.1) is 30.6 Å². The summed E-state index contributed by atoms with van der Waals surface area (Å²) < 4.78 is 7.04. The van der Waals surface area contributed by atoms with Crippen LogP contribution in [0, 0.1) is 0 Å². The molecule has 11 nitrogen and oxygen atoms in total. The van der Waals surface area contributed by atoms with Crippen LogP contribution in [0.5, 0.6) is 0 Å². The highest BCUT2D eigenvalue weighted by atomic mass is 16.5. The molecule has 5 rings (SSSR count). The molecule has 3 aliphatic rings. The number of nitrogens with zero attached hydrogens (tertiary/aromatic N) is 5. The largest absolute Gasteiger partial charge is 0.379 e. The first-order valence-electron chi connectivity index (χ1n) is 11.6. The van der Waals surface area contributed by atoms with Gasteiger partial charge in [0.2, 0.25) is 5.91 Å². The molecule has 1 fully saturated rings. The molecule has 2 amide bonds. The summed E-state index contributed by atoms with van der Waals surface area (Å²) in [7, 11) is 6.96. The Hall–Kier alpha value is -3.86. The van der Waals surface area contributed by atoms with Crippen molar-refractivity contribution in [1.82, 2.24) is 35.0 Å². The number of aromatic nitrogens is 3. The summed E-state index contributed by atoms with van der Waals surface area (Å²) in [5.74, 6) is 0.502. The predicted octanol–water partition coefficient (Wildman–Crippen LogP) is 0.792. The van der Waals surface area contributed by atoms with Crippen molar-refractivity contribution in [2.75, 3.05) is 40.1 Å². The number of nitrogens with one attached hydrogen (secondary N) is 3. The van der Waals surface area contributed by atoms with Crippen LogP contribution in [-0.4, -0.2) is 89.3 Å². The van der Waals surface area contributed by atoms with Crippen molar-refractivity contribution in [3.05, 3.63) is 53.6 Å². The number of rotatable bonds is 7. The zero-order valence-electron chi connectivity index (χ0n) is 20.3. The van der Waals surface area contributed by atoms with Gasteiger partial charge in [-0.15, -0.1) is 0 Å². The fourth-order valence-electron chi connectivity index (χ4n) is 4.55. The van der Waals surface area contributed by atoms with E-state index in [0.29, 0.717) is 22.7 Å². The third-order valence-electron chi connectivity index (χ3n) is 6.77. The van der Waals surface area contributed by atoms with Gasteiger partial charge >= 0.3 is 0 Å². The van der Waals surface area contributed by atoms with Gasteiger partial charge < -0.3 is 30.5 Å². The maximum atomic E-state index is 13.1. The number of hydrogen-bond donors (Lipinski definition) is 3. The Morgan fingerprint density at radius 1 is 1.31 bits per heavy atom. The molecular formula is C24H30N8O3. The van der Waals surface area contributed by atoms with Crippen LogP contribution in [0.1, 0.15) is 28.9 Å². The summed E-state index contributed by atoms with van der Waals surface area (Å²) in [6.45, 7) is 0.254. The minimum Gasteiger partial charge on any atom is -0.379 e. The molecule has 1 saturated carbocycles. The highest BCUT2D eigenvalue weighted by molar-refractivity contribution is 6.00. The van der Waals surface area contributed by atoms with Gasteiger partial charge in [0, 0.05) is 57.9 Å². The summed E-state index contributed by atoms with van der Waals surface area (Å²) >= 11 is 0. The van der Waals surface area contributed by atoms with E-state index in [1.807, 2.05) is 35.5 Å². The number of hydrogen-bond acceptors (Lipinski definition) is 8. The summed E-state index contributed by atoms with van der Waals surface area (Å²) in [6, 6.07) is 1.89. The lowest BCUT2D eigenvalue weighted by atomic mass is 9.89. The van der Waals surface area contributed by atoms with E-state index >= 15 is 0 Å². The maximum Gasteiger partial charge on any atom is 0.257 e. The maximum absolute atomic E-state index is 13.1. The normalized spacial score (nSPS) is 22.6. The van der Waals surface area contributed by atoms with Crippen LogP contribution >= 0.6 is 0 Å². The molecule has 3 N–H and O–H groups in total. The van der Waals surface area contributed by atoms with Crippen molar-refractivity contribution >= 4 is 28.9 Å². The topological polar surface area (TPSA) is 116 Å². The summed E-state index contributed by atoms with van der Waals surface area (Å²) in [5, 5.41) is 14.0. The minimum atomic E-state index is -0.219. The van der Waals surface area contributed by atoms with Crippen LogP contribution < -0.4 is 16.0 Å². The van der Waals surface area contributed by atoms with E-state index in [2.05, 4.69) is 21.0 Å². The van der Waals surface area contributed by atoms with Crippen molar-refractivity contribution in [3.63, 3.8) is 0 Å². The highest BCUT2D eigenvalue weighted by Crippen LogP contribution is 2.34. The zero-order chi connectivity index (χ0) is 24.7. The second-order valence-electron chi connectivity index (χ2n) is 9.05. The van der Waals surface area contributed by atoms with Gasteiger partial charge in [0.1, 0.15) is 17.5 Å². The molecule has 1 aliphatic carbocycles. The SMILES string of the molecule is CNc1cc(C2=CNC3C2=CC=CN3CC(=O)N(C)C)nc2c(C(=O)N[C@H]3CC[C@@H]3OC)cnn12. The van der Waals surface area contributed by atoms with Crippen LogP contribution in [0.4, 0.5) is 5.82 Å². The van der Waals surface area contributed by atoms with E-state index in [4.69, 9.17) is 9.72 Å². The van der Waals surface area contributed by atoms with Crippen LogP contribution in [0.25, 0.3) is 11.2 Å². The number of likely N-dealkylation sites (N-methyl/N-ethyl adjacent to an activating group) is 1. The molecule has 0 bridgehead atoms. The summed E-state index contributed by atoms with van der Waals surface area (Å²) in [4.78, 5) is 33.8. The Balaban J connectivity index is 1.44. The Kier molecular flexibility index (Phi) is 5.93. The average Bonchev–Trinajstić information content (AvgIpc) is 3.46. The molecule has 0 aromatic carbocycles. The molecule has 184 valence electrons. The number of methoxy groups -OCH3 is 1. The molecular weight excluding hydrogens is 448 g/mol. The number of ether oxygens (including phenoxy) is 1. The third-order valence-corrected chi connectivity index (χ3v) is 6.77. The first kappa shape index (κ1) is 22.9. The quantitative estimate of drug-likeness (QED) is 0.535. The van der Waals surface area contributed by atoms with Gasteiger partial charge in [-0.2, -0.15) is 9.61 Å². The van der Waals surface area contributed by atoms with E-state index < -0.39 is 0 Å². The van der Waals surface area contributed by atoms with Gasteiger partial charge in [0.15, 0.2) is 5.65 Å². The zero-order valence-corrected chi connectivity index (χ0v) is 20.3. The van der Waals surface area contributed by atoms with Crippen LogP contribution in [0.15, 0.2) is 42.4 Å². The molecule has 1 unspecified atom stereocenters. The van der Waals surface area contributed by atoms with Gasteiger partial charge in [-0.3, -0.25) is 9.59 Å².